The molecule has 19 heteroatoms. The van der Waals surface area contributed by atoms with E-state index in [4.69, 9.17) is 37.0 Å². The summed E-state index contributed by atoms with van der Waals surface area (Å²) in [5, 5.41) is 10.6. The van der Waals surface area contributed by atoms with Gasteiger partial charge in [-0.2, -0.15) is 0 Å². The van der Waals surface area contributed by atoms with Crippen LogP contribution in [0.3, 0.4) is 0 Å². The predicted octanol–water partition coefficient (Wildman–Crippen LogP) is 23.3. The minimum Gasteiger partial charge on any atom is -0.462 e. The molecule has 0 fully saturated rings. The van der Waals surface area contributed by atoms with Crippen molar-refractivity contribution in [2.24, 2.45) is 17.8 Å². The Morgan fingerprint density at radius 1 is 0.333 bits per heavy atom. The minimum atomic E-state index is -4.96. The number of carbonyl (C=O) groups excluding carboxylic acids is 4. The molecule has 0 aromatic carbocycles. The molecule has 0 bridgehead atoms. The fourth-order valence-electron chi connectivity index (χ4n) is 11.7. The van der Waals surface area contributed by atoms with Crippen molar-refractivity contribution in [2.45, 2.75) is 407 Å². The van der Waals surface area contributed by atoms with Gasteiger partial charge in [0.05, 0.1) is 26.4 Å². The van der Waals surface area contributed by atoms with Crippen molar-refractivity contribution in [3.05, 3.63) is 24.3 Å². The summed E-state index contributed by atoms with van der Waals surface area (Å²) in [4.78, 5) is 72.9. The molecule has 0 rings (SSSR count). The number of rotatable bonds is 76. The zero-order chi connectivity index (χ0) is 73.0. The molecule has 0 aromatic heterocycles. The molecule has 0 saturated heterocycles. The first-order chi connectivity index (χ1) is 47.8. The maximum Gasteiger partial charge on any atom is 0.472 e. The van der Waals surface area contributed by atoms with E-state index in [0.717, 1.165) is 121 Å². The molecule has 584 valence electrons. The Bertz CT molecular complexity index is 2020. The number of esters is 4. The second-order valence-electron chi connectivity index (χ2n) is 29.3. The number of ether oxygens (including phenoxy) is 4. The molecule has 3 unspecified atom stereocenters. The molecule has 0 aromatic rings. The van der Waals surface area contributed by atoms with Crippen LogP contribution in [0.5, 0.6) is 0 Å². The Morgan fingerprint density at radius 3 is 0.899 bits per heavy atom. The van der Waals surface area contributed by atoms with Crippen LogP contribution in [-0.2, 0) is 65.4 Å². The van der Waals surface area contributed by atoms with Crippen LogP contribution in [0.15, 0.2) is 24.3 Å². The molecule has 17 nitrogen and oxygen atoms in total. The van der Waals surface area contributed by atoms with Gasteiger partial charge in [0.25, 0.3) is 0 Å². The molecule has 6 atom stereocenters. The van der Waals surface area contributed by atoms with Crippen LogP contribution in [0, 0.1) is 17.8 Å². The standard InChI is InChI=1S/C80H152O17P2/c1-8-10-11-12-13-14-15-16-21-25-28-35-40-49-56-64-80(85)97-76(68-91-78(83)62-55-48-43-42-45-52-59-72(5)6)70-95-99(88,89)93-66-74(81)65-92-98(86,87)94-69-75(67-90-77(82)61-54-47-39-34-31-30-32-37-44-51-58-71(3)4)96-79(84)63-57-50-41-36-29-26-23-20-18-17-19-22-24-27-33-38-46-53-60-73(7)9-2/h14-16,21,71-76,81H,8-13,17-20,22-70H2,1-7H3,(H,86,87)(H,88,89)/b15-14-,21-16-/t73?,74-,75-,76-/m1/s1. The van der Waals surface area contributed by atoms with Gasteiger partial charge in [-0.25, -0.2) is 9.13 Å². The van der Waals surface area contributed by atoms with Crippen molar-refractivity contribution in [3.8, 4) is 0 Å². The third kappa shape index (κ3) is 72.3. The van der Waals surface area contributed by atoms with E-state index in [1.54, 1.807) is 0 Å². The number of phosphoric acid groups is 2. The molecule has 0 heterocycles. The molecular weight excluding hydrogens is 1290 g/mol. The highest BCUT2D eigenvalue weighted by Gasteiger charge is 2.30. The number of carbonyl (C=O) groups is 4. The van der Waals surface area contributed by atoms with Gasteiger partial charge in [0.15, 0.2) is 12.2 Å². The van der Waals surface area contributed by atoms with Crippen LogP contribution in [0.2, 0.25) is 0 Å². The summed E-state index contributed by atoms with van der Waals surface area (Å²) in [5.41, 5.74) is 0. The van der Waals surface area contributed by atoms with Crippen LogP contribution < -0.4 is 0 Å². The van der Waals surface area contributed by atoms with E-state index < -0.39 is 97.5 Å². The van der Waals surface area contributed by atoms with Gasteiger partial charge in [0.2, 0.25) is 0 Å². The number of hydrogen-bond donors (Lipinski definition) is 3. The monoisotopic (exact) mass is 1450 g/mol. The molecule has 0 amide bonds. The van der Waals surface area contributed by atoms with Gasteiger partial charge < -0.3 is 33.8 Å². The fourth-order valence-corrected chi connectivity index (χ4v) is 13.3. The summed E-state index contributed by atoms with van der Waals surface area (Å²) in [5.74, 6) is 0.156. The normalized spacial score (nSPS) is 14.4. The van der Waals surface area contributed by atoms with Crippen molar-refractivity contribution in [1.29, 1.82) is 0 Å². The van der Waals surface area contributed by atoms with Crippen molar-refractivity contribution in [1.82, 2.24) is 0 Å². The van der Waals surface area contributed by atoms with Gasteiger partial charge in [-0.1, -0.05) is 336 Å². The van der Waals surface area contributed by atoms with Gasteiger partial charge in [0, 0.05) is 25.7 Å². The third-order valence-corrected chi connectivity index (χ3v) is 20.3. The molecule has 0 aliphatic rings. The number of allylic oxidation sites excluding steroid dienone is 4. The first-order valence-electron chi connectivity index (χ1n) is 40.7. The van der Waals surface area contributed by atoms with E-state index in [-0.39, 0.29) is 25.7 Å². The number of aliphatic hydroxyl groups excluding tert-OH is 1. The van der Waals surface area contributed by atoms with E-state index >= 15 is 0 Å². The molecule has 0 spiro atoms. The van der Waals surface area contributed by atoms with E-state index in [9.17, 15) is 43.2 Å². The van der Waals surface area contributed by atoms with Gasteiger partial charge in [0.1, 0.15) is 19.3 Å². The molecular formula is C80H152O17P2. The molecule has 0 saturated carbocycles. The lowest BCUT2D eigenvalue weighted by molar-refractivity contribution is -0.161. The Kier molecular flexibility index (Phi) is 68.1. The first-order valence-corrected chi connectivity index (χ1v) is 43.7. The highest BCUT2D eigenvalue weighted by atomic mass is 31.2. The highest BCUT2D eigenvalue weighted by Crippen LogP contribution is 2.45. The molecule has 3 N–H and O–H groups in total. The van der Waals surface area contributed by atoms with Gasteiger partial charge in [-0.05, 0) is 69.1 Å². The largest absolute Gasteiger partial charge is 0.472 e. The second-order valence-corrected chi connectivity index (χ2v) is 32.2. The predicted molar refractivity (Wildman–Crippen MR) is 404 cm³/mol. The van der Waals surface area contributed by atoms with Crippen molar-refractivity contribution >= 4 is 39.5 Å². The lowest BCUT2D eigenvalue weighted by Crippen LogP contribution is -2.30. The van der Waals surface area contributed by atoms with E-state index in [1.165, 1.54) is 180 Å². The Labute approximate surface area is 605 Å². The van der Waals surface area contributed by atoms with Crippen LogP contribution in [-0.4, -0.2) is 96.7 Å². The quantitative estimate of drug-likeness (QED) is 0.0169. The van der Waals surface area contributed by atoms with Crippen molar-refractivity contribution < 1.29 is 80.2 Å². The fraction of sp³-hybridized carbons (Fsp3) is 0.900. The lowest BCUT2D eigenvalue weighted by atomic mass is 9.99. The first kappa shape index (κ1) is 96.5. The van der Waals surface area contributed by atoms with Crippen LogP contribution in [0.4, 0.5) is 0 Å². The topological polar surface area (TPSA) is 237 Å². The summed E-state index contributed by atoms with van der Waals surface area (Å²) in [6.07, 6.45) is 60.7. The second kappa shape index (κ2) is 69.9. The summed E-state index contributed by atoms with van der Waals surface area (Å²) in [7, 11) is -9.93. The molecule has 0 aliphatic heterocycles. The minimum absolute atomic E-state index is 0.0838. The Hall–Kier alpha value is -2.46. The summed E-state index contributed by atoms with van der Waals surface area (Å²) >= 11 is 0. The summed E-state index contributed by atoms with van der Waals surface area (Å²) < 4.78 is 68.6. The van der Waals surface area contributed by atoms with Crippen molar-refractivity contribution in [3.63, 3.8) is 0 Å². The Morgan fingerprint density at radius 2 is 0.596 bits per heavy atom. The summed E-state index contributed by atoms with van der Waals surface area (Å²) in [6.45, 7) is 11.8. The van der Waals surface area contributed by atoms with Crippen molar-refractivity contribution in [2.75, 3.05) is 39.6 Å². The van der Waals surface area contributed by atoms with Gasteiger partial charge in [-0.3, -0.25) is 37.3 Å². The average Bonchev–Trinajstić information content (AvgIpc) is 1.05. The highest BCUT2D eigenvalue weighted by molar-refractivity contribution is 7.47. The molecule has 99 heavy (non-hydrogen) atoms. The van der Waals surface area contributed by atoms with Crippen LogP contribution >= 0.6 is 15.6 Å². The number of hydrogen-bond acceptors (Lipinski definition) is 15. The third-order valence-electron chi connectivity index (χ3n) is 18.4. The molecule has 0 radical (unpaired) electrons. The average molecular weight is 1450 g/mol. The lowest BCUT2D eigenvalue weighted by Gasteiger charge is -2.21. The zero-order valence-electron chi connectivity index (χ0n) is 64.4. The zero-order valence-corrected chi connectivity index (χ0v) is 66.2. The van der Waals surface area contributed by atoms with Gasteiger partial charge in [-0.15, -0.1) is 0 Å². The number of phosphoric ester groups is 2. The smallest absolute Gasteiger partial charge is 0.462 e. The van der Waals surface area contributed by atoms with E-state index in [2.05, 4.69) is 72.8 Å². The number of unbranched alkanes of at least 4 members (excludes halogenated alkanes) is 40. The Balaban J connectivity index is 5.22. The van der Waals surface area contributed by atoms with E-state index in [1.807, 2.05) is 0 Å². The maximum absolute atomic E-state index is 13.1. The van der Waals surface area contributed by atoms with Crippen LogP contribution in [0.25, 0.3) is 0 Å². The number of aliphatic hydroxyl groups is 1. The summed E-state index contributed by atoms with van der Waals surface area (Å²) in [6, 6.07) is 0. The SMILES string of the molecule is CCCCCC/C=C\C=C/CCCCCCCC(=O)O[C@H](COC(=O)CCCCCCCCC(C)C)COP(=O)(O)OC[C@H](O)COP(=O)(O)OC[C@@H](COC(=O)CCCCCCCCCCCCC(C)C)OC(=O)CCCCCCCCCCCCCCCCCCCCC(C)CC. The maximum atomic E-state index is 13.1. The van der Waals surface area contributed by atoms with Crippen LogP contribution in [0.1, 0.15) is 389 Å². The van der Waals surface area contributed by atoms with E-state index in [0.29, 0.717) is 31.6 Å². The molecule has 0 aliphatic carbocycles. The van der Waals surface area contributed by atoms with Gasteiger partial charge >= 0.3 is 39.5 Å².